The molecule has 0 radical (unpaired) electrons. The van der Waals surface area contributed by atoms with Gasteiger partial charge in [-0.15, -0.1) is 0 Å². The van der Waals surface area contributed by atoms with E-state index < -0.39 is 0 Å². The van der Waals surface area contributed by atoms with E-state index in [4.69, 9.17) is 0 Å². The molecular weight excluding hydrogens is 180 g/mol. The topological polar surface area (TPSA) is 17.1 Å². The van der Waals surface area contributed by atoms with Crippen LogP contribution in [0.25, 0.3) is 0 Å². The van der Waals surface area contributed by atoms with Crippen molar-refractivity contribution in [3.8, 4) is 0 Å². The SMILES string of the molecule is C=C(C)C(=O)SC1(CC)CCCC1. The van der Waals surface area contributed by atoms with Crippen molar-refractivity contribution in [1.29, 1.82) is 0 Å². The normalized spacial score (nSPS) is 20.2. The van der Waals surface area contributed by atoms with Gasteiger partial charge in [0.2, 0.25) is 5.12 Å². The molecule has 1 aliphatic rings. The summed E-state index contributed by atoms with van der Waals surface area (Å²) in [5, 5.41) is 0.184. The number of carbonyl (C=O) groups excluding carboxylic acids is 1. The second-order valence-corrected chi connectivity index (χ2v) is 5.35. The minimum absolute atomic E-state index is 0.184. The predicted molar refractivity (Wildman–Crippen MR) is 58.9 cm³/mol. The van der Waals surface area contributed by atoms with Gasteiger partial charge in [-0.2, -0.15) is 0 Å². The fraction of sp³-hybridized carbons (Fsp3) is 0.727. The van der Waals surface area contributed by atoms with Crippen LogP contribution in [0.3, 0.4) is 0 Å². The lowest BCUT2D eigenvalue weighted by atomic mass is 10.0. The Morgan fingerprint density at radius 2 is 2.00 bits per heavy atom. The van der Waals surface area contributed by atoms with Crippen LogP contribution in [-0.2, 0) is 4.79 Å². The van der Waals surface area contributed by atoms with Crippen LogP contribution in [0.4, 0.5) is 0 Å². The summed E-state index contributed by atoms with van der Waals surface area (Å²) in [4.78, 5) is 11.5. The molecule has 0 heterocycles. The molecule has 0 unspecified atom stereocenters. The van der Waals surface area contributed by atoms with Crippen LogP contribution in [0.15, 0.2) is 12.2 Å². The van der Waals surface area contributed by atoms with E-state index >= 15 is 0 Å². The maximum atomic E-state index is 11.5. The molecule has 2 heteroatoms. The average molecular weight is 198 g/mol. The molecule has 0 bridgehead atoms. The number of rotatable bonds is 3. The smallest absolute Gasteiger partial charge is 0.214 e. The Kier molecular flexibility index (Phi) is 3.60. The Hall–Kier alpha value is -0.240. The zero-order chi connectivity index (χ0) is 9.90. The van der Waals surface area contributed by atoms with E-state index in [1.807, 2.05) is 0 Å². The van der Waals surface area contributed by atoms with Gasteiger partial charge in [-0.05, 0) is 31.8 Å². The third-order valence-corrected chi connectivity index (χ3v) is 4.48. The minimum atomic E-state index is 0.184. The van der Waals surface area contributed by atoms with Gasteiger partial charge in [0.15, 0.2) is 0 Å². The summed E-state index contributed by atoms with van der Waals surface area (Å²) in [5.74, 6) is 0. The molecule has 0 atom stereocenters. The number of carbonyl (C=O) groups is 1. The highest BCUT2D eigenvalue weighted by molar-refractivity contribution is 8.15. The van der Waals surface area contributed by atoms with Crippen molar-refractivity contribution in [2.45, 2.75) is 50.7 Å². The van der Waals surface area contributed by atoms with E-state index in [2.05, 4.69) is 13.5 Å². The van der Waals surface area contributed by atoms with Crippen molar-refractivity contribution < 1.29 is 4.79 Å². The Balaban J connectivity index is 2.58. The quantitative estimate of drug-likeness (QED) is 0.645. The largest absolute Gasteiger partial charge is 0.282 e. The first-order valence-electron chi connectivity index (χ1n) is 4.98. The van der Waals surface area contributed by atoms with Crippen molar-refractivity contribution >= 4 is 16.9 Å². The summed E-state index contributed by atoms with van der Waals surface area (Å²) in [6.07, 6.45) is 6.08. The number of hydrogen-bond acceptors (Lipinski definition) is 2. The van der Waals surface area contributed by atoms with Crippen molar-refractivity contribution in [3.63, 3.8) is 0 Å². The first-order valence-corrected chi connectivity index (χ1v) is 5.80. The Morgan fingerprint density at radius 1 is 1.46 bits per heavy atom. The van der Waals surface area contributed by atoms with Gasteiger partial charge in [0.25, 0.3) is 0 Å². The second-order valence-electron chi connectivity index (χ2n) is 3.91. The predicted octanol–water partition coefficient (Wildman–Crippen LogP) is 3.55. The van der Waals surface area contributed by atoms with E-state index in [9.17, 15) is 4.79 Å². The summed E-state index contributed by atoms with van der Waals surface area (Å²) < 4.78 is 0.246. The maximum absolute atomic E-state index is 11.5. The molecule has 0 amide bonds. The van der Waals surface area contributed by atoms with Gasteiger partial charge in [-0.25, -0.2) is 0 Å². The van der Waals surface area contributed by atoms with Crippen molar-refractivity contribution in [2.24, 2.45) is 0 Å². The molecule has 1 saturated carbocycles. The van der Waals surface area contributed by atoms with E-state index in [0.29, 0.717) is 5.57 Å². The molecule has 0 N–H and O–H groups in total. The molecule has 74 valence electrons. The summed E-state index contributed by atoms with van der Waals surface area (Å²) in [7, 11) is 0. The lowest BCUT2D eigenvalue weighted by molar-refractivity contribution is -0.107. The van der Waals surface area contributed by atoms with Gasteiger partial charge in [0, 0.05) is 4.75 Å². The third kappa shape index (κ3) is 2.60. The molecule has 1 aliphatic carbocycles. The first-order chi connectivity index (χ1) is 6.09. The van der Waals surface area contributed by atoms with E-state index in [1.54, 1.807) is 6.92 Å². The Labute approximate surface area is 85.0 Å². The summed E-state index contributed by atoms with van der Waals surface area (Å²) in [6.45, 7) is 7.68. The van der Waals surface area contributed by atoms with Crippen LogP contribution >= 0.6 is 11.8 Å². The lowest BCUT2D eigenvalue weighted by Crippen LogP contribution is -2.21. The van der Waals surface area contributed by atoms with Gasteiger partial charge in [-0.3, -0.25) is 4.79 Å². The van der Waals surface area contributed by atoms with Crippen LogP contribution in [0.2, 0.25) is 0 Å². The minimum Gasteiger partial charge on any atom is -0.282 e. The standard InChI is InChI=1S/C11H18OS/c1-4-11(7-5-6-8-11)13-10(12)9(2)3/h2,4-8H2,1,3H3. The summed E-state index contributed by atoms with van der Waals surface area (Å²) >= 11 is 1.52. The fourth-order valence-electron chi connectivity index (χ4n) is 1.83. The monoisotopic (exact) mass is 198 g/mol. The maximum Gasteiger partial charge on any atom is 0.214 e. The van der Waals surface area contributed by atoms with Gasteiger partial charge < -0.3 is 0 Å². The zero-order valence-corrected chi connectivity index (χ0v) is 9.38. The molecule has 1 rings (SSSR count). The molecule has 1 nitrogen and oxygen atoms in total. The van der Waals surface area contributed by atoms with Crippen LogP contribution in [0.1, 0.15) is 46.0 Å². The van der Waals surface area contributed by atoms with Crippen molar-refractivity contribution in [1.82, 2.24) is 0 Å². The molecule has 0 aromatic carbocycles. The molecule has 0 spiro atoms. The molecular formula is C11H18OS. The average Bonchev–Trinajstić information content (AvgIpc) is 2.54. The highest BCUT2D eigenvalue weighted by atomic mass is 32.2. The van der Waals surface area contributed by atoms with Gasteiger partial charge in [-0.1, -0.05) is 38.1 Å². The van der Waals surface area contributed by atoms with Gasteiger partial charge in [0.05, 0.1) is 0 Å². The zero-order valence-electron chi connectivity index (χ0n) is 8.56. The highest BCUT2D eigenvalue weighted by Crippen LogP contribution is 2.44. The lowest BCUT2D eigenvalue weighted by Gasteiger charge is -2.25. The van der Waals surface area contributed by atoms with E-state index in [-0.39, 0.29) is 9.86 Å². The van der Waals surface area contributed by atoms with Crippen LogP contribution < -0.4 is 0 Å². The van der Waals surface area contributed by atoms with Crippen LogP contribution in [0, 0.1) is 0 Å². The summed E-state index contributed by atoms with van der Waals surface area (Å²) in [6, 6.07) is 0. The highest BCUT2D eigenvalue weighted by Gasteiger charge is 2.34. The second kappa shape index (κ2) is 4.32. The van der Waals surface area contributed by atoms with E-state index in [1.165, 1.54) is 37.4 Å². The van der Waals surface area contributed by atoms with Crippen LogP contribution in [-0.4, -0.2) is 9.86 Å². The molecule has 1 fully saturated rings. The molecule has 0 aromatic rings. The first kappa shape index (κ1) is 10.8. The Morgan fingerprint density at radius 3 is 2.38 bits per heavy atom. The third-order valence-electron chi connectivity index (χ3n) is 2.82. The van der Waals surface area contributed by atoms with Crippen molar-refractivity contribution in [3.05, 3.63) is 12.2 Å². The van der Waals surface area contributed by atoms with Crippen molar-refractivity contribution in [2.75, 3.05) is 0 Å². The fourth-order valence-corrected chi connectivity index (χ4v) is 3.04. The molecule has 0 aliphatic heterocycles. The van der Waals surface area contributed by atoms with E-state index in [0.717, 1.165) is 6.42 Å². The van der Waals surface area contributed by atoms with Crippen LogP contribution in [0.5, 0.6) is 0 Å². The summed E-state index contributed by atoms with van der Waals surface area (Å²) in [5.41, 5.74) is 0.685. The molecule has 0 saturated heterocycles. The molecule has 0 aromatic heterocycles. The van der Waals surface area contributed by atoms with Gasteiger partial charge >= 0.3 is 0 Å². The number of hydrogen-bond donors (Lipinski definition) is 0. The molecule has 13 heavy (non-hydrogen) atoms. The Bertz CT molecular complexity index is 214. The van der Waals surface area contributed by atoms with Gasteiger partial charge in [0.1, 0.15) is 0 Å². The number of thioether (sulfide) groups is 1.